The summed E-state index contributed by atoms with van der Waals surface area (Å²) in [6.07, 6.45) is 1.48. The summed E-state index contributed by atoms with van der Waals surface area (Å²) in [5, 5.41) is 3.49. The van der Waals surface area contributed by atoms with Gasteiger partial charge in [0.1, 0.15) is 6.10 Å². The number of hydrogen-bond donors (Lipinski definition) is 2. The summed E-state index contributed by atoms with van der Waals surface area (Å²) in [4.78, 5) is 16.9. The smallest absolute Gasteiger partial charge is 0.224 e. The molecule has 116 valence electrons. The number of benzene rings is 2. The molecule has 1 amide bonds. The van der Waals surface area contributed by atoms with E-state index in [1.165, 1.54) is 0 Å². The monoisotopic (exact) mass is 318 g/mol. The molecule has 0 heterocycles. The van der Waals surface area contributed by atoms with Crippen molar-refractivity contribution in [2.45, 2.75) is 25.4 Å². The van der Waals surface area contributed by atoms with E-state index in [9.17, 15) is 4.79 Å². The zero-order chi connectivity index (χ0) is 15.8. The van der Waals surface area contributed by atoms with Crippen molar-refractivity contribution in [3.63, 3.8) is 0 Å². The van der Waals surface area contributed by atoms with Gasteiger partial charge >= 0.3 is 0 Å². The number of halogens is 1. The Balaban J connectivity index is 1.80. The lowest BCUT2D eigenvalue weighted by atomic mass is 10.0. The van der Waals surface area contributed by atoms with Gasteiger partial charge in [0, 0.05) is 17.1 Å². The van der Waals surface area contributed by atoms with E-state index in [2.05, 4.69) is 5.32 Å². The Bertz CT molecular complexity index is 605. The predicted molar refractivity (Wildman–Crippen MR) is 88.4 cm³/mol. The second-order valence-electron chi connectivity index (χ2n) is 4.99. The molecule has 0 fully saturated rings. The Kier molecular flexibility index (Phi) is 6.40. The van der Waals surface area contributed by atoms with Gasteiger partial charge in [-0.2, -0.15) is 0 Å². The topological polar surface area (TPSA) is 64.3 Å². The van der Waals surface area contributed by atoms with Crippen LogP contribution < -0.4 is 11.2 Å². The van der Waals surface area contributed by atoms with Crippen molar-refractivity contribution in [2.75, 3.05) is 5.32 Å². The van der Waals surface area contributed by atoms with Crippen LogP contribution in [-0.4, -0.2) is 5.91 Å². The number of amides is 1. The van der Waals surface area contributed by atoms with E-state index >= 15 is 0 Å². The number of nitrogens with two attached hydrogens (primary N) is 1. The highest BCUT2D eigenvalue weighted by molar-refractivity contribution is 6.30. The first-order chi connectivity index (χ1) is 10.7. The van der Waals surface area contributed by atoms with Crippen LogP contribution in [0.3, 0.4) is 0 Å². The number of carbonyl (C=O) groups is 1. The zero-order valence-electron chi connectivity index (χ0n) is 12.2. The largest absolute Gasteiger partial charge is 0.326 e. The van der Waals surface area contributed by atoms with Crippen molar-refractivity contribution in [3.8, 4) is 0 Å². The number of nitrogens with one attached hydrogen (secondary N) is 1. The van der Waals surface area contributed by atoms with Gasteiger partial charge in [-0.15, -0.1) is 0 Å². The van der Waals surface area contributed by atoms with Crippen LogP contribution in [0.15, 0.2) is 54.6 Å². The molecule has 2 aromatic rings. The fraction of sp³-hybridized carbons (Fsp3) is 0.235. The first-order valence-electron chi connectivity index (χ1n) is 7.15. The minimum atomic E-state index is -0.261. The molecular weight excluding hydrogens is 300 g/mol. The summed E-state index contributed by atoms with van der Waals surface area (Å²) in [6.45, 7) is 0. The molecule has 0 aromatic heterocycles. The molecule has 0 spiro atoms. The quantitative estimate of drug-likeness (QED) is 0.756. The average Bonchev–Trinajstić information content (AvgIpc) is 2.52. The maximum Gasteiger partial charge on any atom is 0.224 e. The van der Waals surface area contributed by atoms with Crippen molar-refractivity contribution in [1.29, 1.82) is 0 Å². The summed E-state index contributed by atoms with van der Waals surface area (Å²) in [5.74, 6) is 5.33. The minimum absolute atomic E-state index is 0.0203. The summed E-state index contributed by atoms with van der Waals surface area (Å²) in [5.41, 5.74) is 1.72. The Morgan fingerprint density at radius 1 is 1.18 bits per heavy atom. The van der Waals surface area contributed by atoms with Gasteiger partial charge in [-0.3, -0.25) is 9.63 Å². The molecule has 0 saturated carbocycles. The normalized spacial score (nSPS) is 11.9. The van der Waals surface area contributed by atoms with E-state index in [1.807, 2.05) is 48.5 Å². The third-order valence-corrected chi connectivity index (χ3v) is 3.55. The highest BCUT2D eigenvalue weighted by Crippen LogP contribution is 2.24. The highest BCUT2D eigenvalue weighted by Gasteiger charge is 2.12. The van der Waals surface area contributed by atoms with Crippen molar-refractivity contribution in [1.82, 2.24) is 0 Å². The van der Waals surface area contributed by atoms with Gasteiger partial charge in [0.05, 0.1) is 0 Å². The lowest BCUT2D eigenvalue weighted by Gasteiger charge is -2.15. The van der Waals surface area contributed by atoms with Crippen LogP contribution in [0.5, 0.6) is 0 Å². The van der Waals surface area contributed by atoms with E-state index in [-0.39, 0.29) is 12.0 Å². The Hall–Kier alpha value is -1.88. The first-order valence-corrected chi connectivity index (χ1v) is 7.53. The molecule has 0 aliphatic rings. The third kappa shape index (κ3) is 5.15. The fourth-order valence-corrected chi connectivity index (χ4v) is 2.41. The predicted octanol–water partition coefficient (Wildman–Crippen LogP) is 4.08. The Morgan fingerprint density at radius 2 is 1.95 bits per heavy atom. The maximum atomic E-state index is 11.9. The van der Waals surface area contributed by atoms with Gasteiger partial charge in [-0.1, -0.05) is 41.9 Å². The molecule has 0 bridgehead atoms. The minimum Gasteiger partial charge on any atom is -0.326 e. The van der Waals surface area contributed by atoms with Gasteiger partial charge in [0.15, 0.2) is 0 Å². The number of anilines is 1. The molecule has 22 heavy (non-hydrogen) atoms. The molecular formula is C17H19ClN2O2. The second kappa shape index (κ2) is 8.54. The van der Waals surface area contributed by atoms with Crippen LogP contribution in [0, 0.1) is 0 Å². The molecule has 1 atom stereocenters. The highest BCUT2D eigenvalue weighted by atomic mass is 35.5. The van der Waals surface area contributed by atoms with E-state index in [0.29, 0.717) is 24.3 Å². The summed E-state index contributed by atoms with van der Waals surface area (Å²) in [7, 11) is 0. The fourth-order valence-electron chi connectivity index (χ4n) is 2.21. The van der Waals surface area contributed by atoms with E-state index in [0.717, 1.165) is 11.3 Å². The second-order valence-corrected chi connectivity index (χ2v) is 5.42. The van der Waals surface area contributed by atoms with Crippen molar-refractivity contribution >= 4 is 23.2 Å². The molecule has 0 radical (unpaired) electrons. The lowest BCUT2D eigenvalue weighted by molar-refractivity contribution is -0.116. The zero-order valence-corrected chi connectivity index (χ0v) is 12.9. The standard InChI is InChI=1S/C17H19ClN2O2/c18-14-7-4-6-13(12-14)16(22-19)10-5-11-17(21)20-15-8-2-1-3-9-15/h1-4,6-9,12,16H,5,10-11,19H2,(H,20,21). The summed E-state index contributed by atoms with van der Waals surface area (Å²) >= 11 is 5.96. The number of para-hydroxylation sites is 1. The van der Waals surface area contributed by atoms with Crippen molar-refractivity contribution < 1.29 is 9.63 Å². The van der Waals surface area contributed by atoms with Crippen molar-refractivity contribution in [2.24, 2.45) is 5.90 Å². The van der Waals surface area contributed by atoms with E-state index < -0.39 is 0 Å². The van der Waals surface area contributed by atoms with Crippen LogP contribution >= 0.6 is 11.6 Å². The molecule has 0 saturated heterocycles. The molecule has 2 aromatic carbocycles. The van der Waals surface area contributed by atoms with Gasteiger partial charge in [-0.25, -0.2) is 5.90 Å². The lowest BCUT2D eigenvalue weighted by Crippen LogP contribution is -2.13. The molecule has 0 aliphatic carbocycles. The SMILES string of the molecule is NOC(CCCC(=O)Nc1ccccc1)c1cccc(Cl)c1. The van der Waals surface area contributed by atoms with Crippen LogP contribution in [0.1, 0.15) is 30.9 Å². The van der Waals surface area contributed by atoms with Crippen LogP contribution in [0.4, 0.5) is 5.69 Å². The van der Waals surface area contributed by atoms with E-state index in [4.69, 9.17) is 22.3 Å². The molecule has 1 unspecified atom stereocenters. The molecule has 3 N–H and O–H groups in total. The number of hydrogen-bond acceptors (Lipinski definition) is 3. The van der Waals surface area contributed by atoms with Gasteiger partial charge in [0.25, 0.3) is 0 Å². The summed E-state index contributed by atoms with van der Waals surface area (Å²) in [6, 6.07) is 16.8. The van der Waals surface area contributed by atoms with Crippen molar-refractivity contribution in [3.05, 3.63) is 65.2 Å². The van der Waals surface area contributed by atoms with E-state index in [1.54, 1.807) is 6.07 Å². The molecule has 4 nitrogen and oxygen atoms in total. The number of rotatable bonds is 7. The number of carbonyl (C=O) groups excluding carboxylic acids is 1. The molecule has 2 rings (SSSR count). The Labute approximate surface area is 135 Å². The van der Waals surface area contributed by atoms with Crippen LogP contribution in [0.25, 0.3) is 0 Å². The average molecular weight is 319 g/mol. The third-order valence-electron chi connectivity index (χ3n) is 3.31. The van der Waals surface area contributed by atoms with Gasteiger partial charge in [-0.05, 0) is 42.7 Å². The molecule has 0 aliphatic heterocycles. The van der Waals surface area contributed by atoms with Crippen LogP contribution in [-0.2, 0) is 9.63 Å². The maximum absolute atomic E-state index is 11.9. The van der Waals surface area contributed by atoms with Crippen LogP contribution in [0.2, 0.25) is 5.02 Å². The summed E-state index contributed by atoms with van der Waals surface area (Å²) < 4.78 is 0. The molecule has 5 heteroatoms. The Morgan fingerprint density at radius 3 is 2.64 bits per heavy atom. The first kappa shape index (κ1) is 16.5. The van der Waals surface area contributed by atoms with Gasteiger partial charge < -0.3 is 5.32 Å². The van der Waals surface area contributed by atoms with Gasteiger partial charge in [0.2, 0.25) is 5.91 Å².